The highest BCUT2D eigenvalue weighted by Crippen LogP contribution is 2.30. The van der Waals surface area contributed by atoms with Crippen LogP contribution in [0.25, 0.3) is 11.1 Å². The molecule has 2 amide bonds. The van der Waals surface area contributed by atoms with E-state index in [0.717, 1.165) is 27.8 Å². The maximum Gasteiger partial charge on any atom is 0.288 e. The van der Waals surface area contributed by atoms with Gasteiger partial charge in [-0.25, -0.2) is 0 Å². The predicted molar refractivity (Wildman–Crippen MR) is 139 cm³/mol. The van der Waals surface area contributed by atoms with Crippen LogP contribution in [-0.4, -0.2) is 21.4 Å². The van der Waals surface area contributed by atoms with Crippen molar-refractivity contribution >= 4 is 11.8 Å². The van der Waals surface area contributed by atoms with Gasteiger partial charge in [0.2, 0.25) is 5.91 Å². The van der Waals surface area contributed by atoms with Crippen LogP contribution in [0.4, 0.5) is 0 Å². The fourth-order valence-electron chi connectivity index (χ4n) is 4.43. The minimum absolute atomic E-state index is 0.125. The summed E-state index contributed by atoms with van der Waals surface area (Å²) in [5.41, 5.74) is 5.07. The van der Waals surface area contributed by atoms with Crippen molar-refractivity contribution in [3.05, 3.63) is 92.5 Å². The van der Waals surface area contributed by atoms with Gasteiger partial charge in [-0.2, -0.15) is 0 Å². The van der Waals surface area contributed by atoms with E-state index < -0.39 is 23.9 Å². The minimum atomic E-state index is -0.884. The van der Waals surface area contributed by atoms with Gasteiger partial charge < -0.3 is 9.88 Å². The molecule has 2 aromatic heterocycles. The lowest BCUT2D eigenvalue weighted by atomic mass is 9.94. The zero-order chi connectivity index (χ0) is 26.4. The molecule has 1 unspecified atom stereocenters. The van der Waals surface area contributed by atoms with Crippen LogP contribution in [0.1, 0.15) is 61.0 Å². The van der Waals surface area contributed by atoms with Crippen molar-refractivity contribution in [2.75, 3.05) is 0 Å². The van der Waals surface area contributed by atoms with Gasteiger partial charge in [-0.3, -0.25) is 19.4 Å². The molecule has 2 heterocycles. The van der Waals surface area contributed by atoms with Crippen LogP contribution >= 0.6 is 0 Å². The van der Waals surface area contributed by atoms with Crippen LogP contribution in [0.15, 0.2) is 65.0 Å². The Bertz CT molecular complexity index is 1310. The van der Waals surface area contributed by atoms with E-state index in [9.17, 15) is 19.3 Å². The first kappa shape index (κ1) is 26.7. The van der Waals surface area contributed by atoms with E-state index >= 15 is 0 Å². The van der Waals surface area contributed by atoms with Gasteiger partial charge >= 0.3 is 0 Å². The number of nitrogens with one attached hydrogen (secondary N) is 1. The first-order valence-corrected chi connectivity index (χ1v) is 12.0. The normalized spacial score (nSPS) is 12.7. The summed E-state index contributed by atoms with van der Waals surface area (Å²) in [5.74, 6) is -1.18. The van der Waals surface area contributed by atoms with Gasteiger partial charge in [-0.15, -0.1) is 4.91 Å². The maximum atomic E-state index is 13.5. The Morgan fingerprint density at radius 2 is 1.75 bits per heavy atom. The van der Waals surface area contributed by atoms with Crippen molar-refractivity contribution in [3.63, 3.8) is 0 Å². The fraction of sp³-hybridized carbons (Fsp3) is 0.357. The molecule has 0 spiro atoms. The average molecular weight is 489 g/mol. The number of carbonyl (C=O) groups excluding carboxylic acids is 2. The SMILES string of the molecule is Cc1ccn(C(CC(C)C)C(=O)N[C@H](CC(=O)N=O)c2cncc(-c3c(C)cccc3C)c2)c(=O)c1. The highest BCUT2D eigenvalue weighted by atomic mass is 16.3. The Morgan fingerprint density at radius 3 is 2.36 bits per heavy atom. The Morgan fingerprint density at radius 1 is 1.06 bits per heavy atom. The maximum absolute atomic E-state index is 13.5. The number of pyridine rings is 2. The predicted octanol–water partition coefficient (Wildman–Crippen LogP) is 4.96. The van der Waals surface area contributed by atoms with Crippen LogP contribution in [0.3, 0.4) is 0 Å². The van der Waals surface area contributed by atoms with Crippen LogP contribution in [0, 0.1) is 31.6 Å². The molecule has 3 aromatic rings. The third-order valence-electron chi connectivity index (χ3n) is 6.17. The molecule has 0 saturated carbocycles. The van der Waals surface area contributed by atoms with E-state index in [-0.39, 0.29) is 17.9 Å². The lowest BCUT2D eigenvalue weighted by Crippen LogP contribution is -2.40. The summed E-state index contributed by atoms with van der Waals surface area (Å²) in [5, 5.41) is 5.42. The average Bonchev–Trinajstić information content (AvgIpc) is 2.82. The van der Waals surface area contributed by atoms with Crippen molar-refractivity contribution in [2.45, 2.75) is 59.5 Å². The number of amides is 2. The summed E-state index contributed by atoms with van der Waals surface area (Å²) >= 11 is 0. The first-order chi connectivity index (χ1) is 17.1. The molecular formula is C28H32N4O4. The molecule has 0 aliphatic rings. The zero-order valence-electron chi connectivity index (χ0n) is 21.3. The second-order valence-electron chi connectivity index (χ2n) is 9.62. The van der Waals surface area contributed by atoms with Crippen molar-refractivity contribution in [2.24, 2.45) is 11.1 Å². The molecule has 0 aliphatic carbocycles. The van der Waals surface area contributed by atoms with E-state index in [1.807, 2.05) is 58.9 Å². The number of aryl methyl sites for hydroxylation is 3. The van der Waals surface area contributed by atoms with Gasteiger partial charge in [0, 0.05) is 35.4 Å². The molecule has 0 aliphatic heterocycles. The molecule has 8 nitrogen and oxygen atoms in total. The number of nitroso groups, excluding NO2 is 1. The summed E-state index contributed by atoms with van der Waals surface area (Å²) in [6, 6.07) is 9.48. The fourth-order valence-corrected chi connectivity index (χ4v) is 4.43. The van der Waals surface area contributed by atoms with E-state index in [2.05, 4.69) is 15.5 Å². The van der Waals surface area contributed by atoms with Crippen LogP contribution < -0.4 is 10.9 Å². The first-order valence-electron chi connectivity index (χ1n) is 12.0. The molecule has 2 atom stereocenters. The van der Waals surface area contributed by atoms with Crippen molar-refractivity contribution in [1.82, 2.24) is 14.9 Å². The summed E-state index contributed by atoms with van der Waals surface area (Å²) in [7, 11) is 0. The summed E-state index contributed by atoms with van der Waals surface area (Å²) in [4.78, 5) is 53.5. The molecule has 36 heavy (non-hydrogen) atoms. The summed E-state index contributed by atoms with van der Waals surface area (Å²) < 4.78 is 1.41. The largest absolute Gasteiger partial charge is 0.347 e. The van der Waals surface area contributed by atoms with Gasteiger partial charge in [0.05, 0.1) is 12.5 Å². The Labute approximate surface area is 210 Å². The third-order valence-corrected chi connectivity index (χ3v) is 6.17. The number of benzene rings is 1. The third kappa shape index (κ3) is 6.38. The molecule has 8 heteroatoms. The molecule has 3 rings (SSSR count). The minimum Gasteiger partial charge on any atom is -0.347 e. The quantitative estimate of drug-likeness (QED) is 0.428. The monoisotopic (exact) mass is 488 g/mol. The number of hydrogen-bond donors (Lipinski definition) is 1. The van der Waals surface area contributed by atoms with Crippen molar-refractivity contribution < 1.29 is 9.59 Å². The molecule has 0 radical (unpaired) electrons. The van der Waals surface area contributed by atoms with Crippen LogP contribution in [0.5, 0.6) is 0 Å². The standard InChI is InChI=1S/C28H32N4O4/c1-17(2)11-24(32-10-9-18(3)12-26(32)34)28(35)30-23(14-25(33)31-36)21-13-22(16-29-15-21)27-19(4)7-6-8-20(27)5/h6-10,12-13,15-17,23-24H,11,14H2,1-5H3,(H,30,35)/t23-,24?/m1/s1. The number of nitrogens with zero attached hydrogens (tertiary/aromatic N) is 3. The molecule has 0 bridgehead atoms. The molecular weight excluding hydrogens is 456 g/mol. The molecule has 1 N–H and O–H groups in total. The lowest BCUT2D eigenvalue weighted by molar-refractivity contribution is -0.126. The number of hydrogen-bond acceptors (Lipinski definition) is 5. The lowest BCUT2D eigenvalue weighted by Gasteiger charge is -2.25. The van der Waals surface area contributed by atoms with Gasteiger partial charge in [0.15, 0.2) is 0 Å². The number of aromatic nitrogens is 2. The number of rotatable bonds is 9. The smallest absolute Gasteiger partial charge is 0.288 e. The zero-order valence-corrected chi connectivity index (χ0v) is 21.3. The second-order valence-corrected chi connectivity index (χ2v) is 9.62. The molecule has 1 aromatic carbocycles. The van der Waals surface area contributed by atoms with E-state index in [1.165, 1.54) is 10.6 Å². The van der Waals surface area contributed by atoms with Crippen LogP contribution in [-0.2, 0) is 9.59 Å². The van der Waals surface area contributed by atoms with E-state index in [4.69, 9.17) is 0 Å². The highest BCUT2D eigenvalue weighted by molar-refractivity contribution is 5.83. The van der Waals surface area contributed by atoms with Gasteiger partial charge in [0.25, 0.3) is 11.5 Å². The summed E-state index contributed by atoms with van der Waals surface area (Å²) in [6.07, 6.45) is 5.01. The summed E-state index contributed by atoms with van der Waals surface area (Å²) in [6.45, 7) is 9.75. The topological polar surface area (TPSA) is 110 Å². The van der Waals surface area contributed by atoms with Crippen molar-refractivity contribution in [1.29, 1.82) is 0 Å². The number of carbonyl (C=O) groups is 2. The molecule has 188 valence electrons. The molecule has 0 saturated heterocycles. The van der Waals surface area contributed by atoms with E-state index in [0.29, 0.717) is 12.0 Å². The second kappa shape index (κ2) is 11.7. The van der Waals surface area contributed by atoms with Crippen LogP contribution in [0.2, 0.25) is 0 Å². The van der Waals surface area contributed by atoms with Crippen molar-refractivity contribution in [3.8, 4) is 11.1 Å². The molecule has 0 fully saturated rings. The van der Waals surface area contributed by atoms with Gasteiger partial charge in [0.1, 0.15) is 6.04 Å². The van der Waals surface area contributed by atoms with Gasteiger partial charge in [-0.1, -0.05) is 32.0 Å². The Kier molecular flexibility index (Phi) is 8.64. The Balaban J connectivity index is 2.01. The van der Waals surface area contributed by atoms with E-state index in [1.54, 1.807) is 24.7 Å². The van der Waals surface area contributed by atoms with Gasteiger partial charge in [-0.05, 0) is 73.1 Å². The Hall–Kier alpha value is -3.94. The highest BCUT2D eigenvalue weighted by Gasteiger charge is 2.27.